The van der Waals surface area contributed by atoms with E-state index in [4.69, 9.17) is 32.4 Å². The van der Waals surface area contributed by atoms with Crippen LogP contribution < -0.4 is 9.64 Å². The number of carbonyl (C=O) groups excluding carboxylic acids is 2. The van der Waals surface area contributed by atoms with Crippen LogP contribution >= 0.6 is 23.2 Å². The number of nitrogens with zero attached hydrogens (tertiary/aromatic N) is 1. The lowest BCUT2D eigenvalue weighted by Crippen LogP contribution is -2.29. The molecule has 2 heterocycles. The lowest BCUT2D eigenvalue weighted by Gasteiger charge is -2.24. The summed E-state index contributed by atoms with van der Waals surface area (Å²) in [6, 6.07) is 10.7. The summed E-state index contributed by atoms with van der Waals surface area (Å²) in [5, 5.41) is 11.4. The summed E-state index contributed by atoms with van der Waals surface area (Å²) in [7, 11) is 1.42. The van der Waals surface area contributed by atoms with E-state index >= 15 is 0 Å². The van der Waals surface area contributed by atoms with E-state index in [0.717, 1.165) is 11.1 Å². The minimum atomic E-state index is -0.967. The molecular formula is C24H19Cl2NO5. The molecule has 0 spiro atoms. The number of amides is 1. The second-order valence-electron chi connectivity index (χ2n) is 7.50. The van der Waals surface area contributed by atoms with Crippen LogP contribution in [0.5, 0.6) is 5.75 Å². The summed E-state index contributed by atoms with van der Waals surface area (Å²) in [5.74, 6) is -1.46. The van der Waals surface area contributed by atoms with Crippen molar-refractivity contribution in [2.24, 2.45) is 0 Å². The van der Waals surface area contributed by atoms with Crippen LogP contribution in [-0.4, -0.2) is 23.9 Å². The Balaban J connectivity index is 1.95. The number of hydrogen-bond donors (Lipinski definition) is 1. The monoisotopic (exact) mass is 471 g/mol. The maximum atomic E-state index is 13.1. The van der Waals surface area contributed by atoms with Crippen LogP contribution in [0.15, 0.2) is 58.7 Å². The van der Waals surface area contributed by atoms with Crippen LogP contribution in [0.2, 0.25) is 10.0 Å². The maximum absolute atomic E-state index is 13.1. The fourth-order valence-electron chi connectivity index (χ4n) is 3.95. The van der Waals surface area contributed by atoms with E-state index in [1.165, 1.54) is 30.4 Å². The summed E-state index contributed by atoms with van der Waals surface area (Å²) in [6.07, 6.45) is 1.44. The zero-order valence-electron chi connectivity index (χ0n) is 17.5. The number of anilines is 1. The van der Waals surface area contributed by atoms with Crippen LogP contribution in [0.4, 0.5) is 5.69 Å². The van der Waals surface area contributed by atoms with Gasteiger partial charge in [-0.3, -0.25) is 14.5 Å². The smallest absolute Gasteiger partial charge is 0.300 e. The predicted octanol–water partition coefficient (Wildman–Crippen LogP) is 5.84. The number of aryl methyl sites for hydroxylation is 2. The molecule has 164 valence electrons. The Bertz CT molecular complexity index is 1220. The Hall–Kier alpha value is -3.22. The minimum Gasteiger partial charge on any atom is -0.507 e. The largest absolute Gasteiger partial charge is 0.507 e. The van der Waals surface area contributed by atoms with Gasteiger partial charge in [0.15, 0.2) is 5.75 Å². The summed E-state index contributed by atoms with van der Waals surface area (Å²) >= 11 is 12.4. The van der Waals surface area contributed by atoms with Gasteiger partial charge in [-0.25, -0.2) is 0 Å². The number of ether oxygens (including phenoxy) is 1. The molecule has 0 saturated carbocycles. The van der Waals surface area contributed by atoms with Gasteiger partial charge in [0.25, 0.3) is 11.7 Å². The topological polar surface area (TPSA) is 80.0 Å². The van der Waals surface area contributed by atoms with Gasteiger partial charge in [0, 0.05) is 11.3 Å². The number of aliphatic hydroxyl groups excluding tert-OH is 1. The van der Waals surface area contributed by atoms with Crippen molar-refractivity contribution in [2.45, 2.75) is 19.9 Å². The third-order valence-corrected chi connectivity index (χ3v) is 5.78. The fraction of sp³-hybridized carbons (Fsp3) is 0.167. The number of methoxy groups -OCH3 is 1. The van der Waals surface area contributed by atoms with Crippen molar-refractivity contribution in [2.75, 3.05) is 12.0 Å². The highest BCUT2D eigenvalue weighted by molar-refractivity contribution is 6.51. The van der Waals surface area contributed by atoms with Crippen LogP contribution in [0, 0.1) is 13.8 Å². The van der Waals surface area contributed by atoms with Crippen LogP contribution in [0.1, 0.15) is 28.5 Å². The number of halogens is 2. The number of aliphatic hydroxyl groups is 1. The molecule has 0 radical (unpaired) electrons. The first kappa shape index (κ1) is 22.0. The Morgan fingerprint density at radius 3 is 2.22 bits per heavy atom. The summed E-state index contributed by atoms with van der Waals surface area (Å²) in [6.45, 7) is 3.80. The van der Waals surface area contributed by atoms with Gasteiger partial charge in [-0.05, 0) is 61.4 Å². The van der Waals surface area contributed by atoms with Crippen molar-refractivity contribution in [1.29, 1.82) is 0 Å². The van der Waals surface area contributed by atoms with E-state index in [1.54, 1.807) is 24.3 Å². The molecule has 32 heavy (non-hydrogen) atoms. The minimum absolute atomic E-state index is 0.124. The second-order valence-corrected chi connectivity index (χ2v) is 8.32. The summed E-state index contributed by atoms with van der Waals surface area (Å²) < 4.78 is 10.7. The third kappa shape index (κ3) is 3.66. The predicted molar refractivity (Wildman–Crippen MR) is 122 cm³/mol. The third-order valence-electron chi connectivity index (χ3n) is 5.22. The van der Waals surface area contributed by atoms with Gasteiger partial charge in [0.1, 0.15) is 17.6 Å². The Labute approximate surface area is 194 Å². The molecule has 8 heteroatoms. The van der Waals surface area contributed by atoms with Crippen LogP contribution in [0.3, 0.4) is 0 Å². The number of benzene rings is 2. The van der Waals surface area contributed by atoms with Gasteiger partial charge in [-0.15, -0.1) is 0 Å². The van der Waals surface area contributed by atoms with Gasteiger partial charge in [-0.2, -0.15) is 0 Å². The number of ketones is 1. The van der Waals surface area contributed by atoms with Gasteiger partial charge < -0.3 is 14.3 Å². The van der Waals surface area contributed by atoms with E-state index in [2.05, 4.69) is 0 Å². The highest BCUT2D eigenvalue weighted by Crippen LogP contribution is 2.44. The van der Waals surface area contributed by atoms with Crippen LogP contribution in [-0.2, 0) is 9.59 Å². The zero-order valence-corrected chi connectivity index (χ0v) is 19.0. The molecule has 4 rings (SSSR count). The highest BCUT2D eigenvalue weighted by Gasteiger charge is 2.48. The van der Waals surface area contributed by atoms with Gasteiger partial charge >= 0.3 is 0 Å². The lowest BCUT2D eigenvalue weighted by molar-refractivity contribution is -0.132. The number of hydrogen-bond acceptors (Lipinski definition) is 5. The molecule has 1 atom stereocenters. The first-order chi connectivity index (χ1) is 15.2. The molecule has 1 aliphatic rings. The van der Waals surface area contributed by atoms with E-state index in [0.29, 0.717) is 11.4 Å². The molecule has 3 aromatic rings. The van der Waals surface area contributed by atoms with Gasteiger partial charge in [0.2, 0.25) is 0 Å². The molecule has 1 fully saturated rings. The van der Waals surface area contributed by atoms with E-state index in [9.17, 15) is 14.7 Å². The Kier molecular flexibility index (Phi) is 5.75. The fourth-order valence-corrected chi connectivity index (χ4v) is 4.59. The summed E-state index contributed by atoms with van der Waals surface area (Å²) in [4.78, 5) is 27.6. The second kappa shape index (κ2) is 8.37. The molecule has 1 saturated heterocycles. The SMILES string of the molecule is COc1c(Cl)cc(/C(O)=C2/C(=O)C(=O)N(c3cc(C)cc(C)c3)C2c2ccco2)cc1Cl. The summed E-state index contributed by atoms with van der Waals surface area (Å²) in [5.41, 5.74) is 2.43. The van der Waals surface area contributed by atoms with Crippen molar-refractivity contribution in [3.63, 3.8) is 0 Å². The molecule has 1 N–H and O–H groups in total. The normalized spacial score (nSPS) is 17.8. The molecule has 0 aliphatic carbocycles. The van der Waals surface area contributed by atoms with Crippen LogP contribution in [0.25, 0.3) is 5.76 Å². The quantitative estimate of drug-likeness (QED) is 0.293. The van der Waals surface area contributed by atoms with E-state index in [-0.39, 0.29) is 26.9 Å². The highest BCUT2D eigenvalue weighted by atomic mass is 35.5. The van der Waals surface area contributed by atoms with Crippen molar-refractivity contribution < 1.29 is 23.8 Å². The van der Waals surface area contributed by atoms with Gasteiger partial charge in [-0.1, -0.05) is 29.3 Å². The van der Waals surface area contributed by atoms with Gasteiger partial charge in [0.05, 0.1) is 29.0 Å². The number of furan rings is 1. The lowest BCUT2D eigenvalue weighted by atomic mass is 9.99. The molecule has 1 amide bonds. The Morgan fingerprint density at radius 1 is 1.06 bits per heavy atom. The van der Waals surface area contributed by atoms with E-state index in [1.807, 2.05) is 19.9 Å². The first-order valence-corrected chi connectivity index (χ1v) is 10.4. The average molecular weight is 472 g/mol. The molecule has 1 aliphatic heterocycles. The Morgan fingerprint density at radius 2 is 1.69 bits per heavy atom. The standard InChI is InChI=1S/C24H19Cl2NO5/c1-12-7-13(2)9-15(8-12)27-20(18-5-4-6-32-18)19(22(29)24(27)30)21(28)14-10-16(25)23(31-3)17(26)11-14/h4-11,20,28H,1-3H3/b21-19-. The number of carbonyl (C=O) groups is 2. The van der Waals surface area contributed by atoms with Crippen molar-refractivity contribution in [3.05, 3.63) is 86.8 Å². The first-order valence-electron chi connectivity index (χ1n) is 9.69. The maximum Gasteiger partial charge on any atom is 0.300 e. The molecule has 2 aromatic carbocycles. The average Bonchev–Trinajstić information content (AvgIpc) is 3.33. The molecule has 0 bridgehead atoms. The van der Waals surface area contributed by atoms with Crippen molar-refractivity contribution in [1.82, 2.24) is 0 Å². The molecule has 1 aromatic heterocycles. The molecule has 1 unspecified atom stereocenters. The number of rotatable bonds is 4. The van der Waals surface area contributed by atoms with E-state index < -0.39 is 23.5 Å². The molecule has 6 nitrogen and oxygen atoms in total. The number of Topliss-reactive ketones (excluding diaryl/α,β-unsaturated/α-hetero) is 1. The molecular weight excluding hydrogens is 453 g/mol. The van der Waals surface area contributed by atoms with Crippen molar-refractivity contribution in [3.8, 4) is 5.75 Å². The van der Waals surface area contributed by atoms with Crippen molar-refractivity contribution >= 4 is 46.3 Å². The zero-order chi connectivity index (χ0) is 23.2.